The number of hydrogen-bond acceptors (Lipinski definition) is 4. The van der Waals surface area contributed by atoms with E-state index in [4.69, 9.17) is 19.7 Å². The van der Waals surface area contributed by atoms with Gasteiger partial charge < -0.3 is 4.74 Å². The van der Waals surface area contributed by atoms with Crippen molar-refractivity contribution in [3.63, 3.8) is 0 Å². The molecule has 0 aliphatic carbocycles. The number of imidazole rings is 1. The zero-order valence-corrected chi connectivity index (χ0v) is 15.6. The van der Waals surface area contributed by atoms with Gasteiger partial charge in [0.05, 0.1) is 18.1 Å². The van der Waals surface area contributed by atoms with Gasteiger partial charge in [0.15, 0.2) is 11.3 Å². The van der Waals surface area contributed by atoms with Gasteiger partial charge in [-0.05, 0) is 43.3 Å². The minimum atomic E-state index is 0.630. The maximum absolute atomic E-state index is 5.31. The lowest BCUT2D eigenvalue weighted by molar-refractivity contribution is 0.415. The van der Waals surface area contributed by atoms with Crippen molar-refractivity contribution < 1.29 is 4.74 Å². The van der Waals surface area contributed by atoms with E-state index in [1.165, 1.54) is 5.56 Å². The van der Waals surface area contributed by atoms with E-state index in [2.05, 4.69) is 35.8 Å². The smallest absolute Gasteiger partial charge is 0.199 e. The Bertz CT molecular complexity index is 1290. The van der Waals surface area contributed by atoms with Gasteiger partial charge in [-0.3, -0.25) is 4.57 Å². The van der Waals surface area contributed by atoms with E-state index in [1.54, 1.807) is 7.11 Å². The van der Waals surface area contributed by atoms with Crippen LogP contribution in [0, 0.1) is 6.92 Å². The SMILES string of the molecule is COc1ccc(-n2c(-c3ccc(C)cc3)nc3nc4ccccc4nc32)cc1. The van der Waals surface area contributed by atoms with Crippen LogP contribution in [0.2, 0.25) is 0 Å². The number of rotatable bonds is 3. The zero-order chi connectivity index (χ0) is 19.1. The van der Waals surface area contributed by atoms with Crippen LogP contribution in [-0.2, 0) is 0 Å². The van der Waals surface area contributed by atoms with Gasteiger partial charge in [0.25, 0.3) is 0 Å². The molecule has 0 atom stereocenters. The van der Waals surface area contributed by atoms with Gasteiger partial charge in [0, 0.05) is 11.3 Å². The van der Waals surface area contributed by atoms with Crippen LogP contribution in [0.3, 0.4) is 0 Å². The fourth-order valence-corrected chi connectivity index (χ4v) is 3.33. The second-order valence-corrected chi connectivity index (χ2v) is 6.69. The molecule has 5 nitrogen and oxygen atoms in total. The fraction of sp³-hybridized carbons (Fsp3) is 0.0870. The highest BCUT2D eigenvalue weighted by molar-refractivity contribution is 5.86. The van der Waals surface area contributed by atoms with Crippen LogP contribution in [0.5, 0.6) is 5.75 Å². The highest BCUT2D eigenvalue weighted by atomic mass is 16.5. The summed E-state index contributed by atoms with van der Waals surface area (Å²) in [7, 11) is 1.66. The topological polar surface area (TPSA) is 52.8 Å². The van der Waals surface area contributed by atoms with Crippen molar-refractivity contribution in [1.82, 2.24) is 19.5 Å². The molecule has 0 fully saturated rings. The van der Waals surface area contributed by atoms with Crippen LogP contribution in [0.4, 0.5) is 0 Å². The molecule has 0 amide bonds. The molecule has 5 aromatic rings. The molecule has 136 valence electrons. The van der Waals surface area contributed by atoms with Crippen molar-refractivity contribution in [2.75, 3.05) is 7.11 Å². The average Bonchev–Trinajstić information content (AvgIpc) is 3.11. The Morgan fingerprint density at radius 1 is 0.750 bits per heavy atom. The summed E-state index contributed by atoms with van der Waals surface area (Å²) in [6.07, 6.45) is 0. The first-order valence-electron chi connectivity index (χ1n) is 9.09. The van der Waals surface area contributed by atoms with Crippen molar-refractivity contribution in [2.45, 2.75) is 6.92 Å². The minimum absolute atomic E-state index is 0.630. The zero-order valence-electron chi connectivity index (χ0n) is 15.6. The Kier molecular flexibility index (Phi) is 3.79. The summed E-state index contributed by atoms with van der Waals surface area (Å²) < 4.78 is 7.36. The molecule has 28 heavy (non-hydrogen) atoms. The Balaban J connectivity index is 1.83. The van der Waals surface area contributed by atoms with Crippen LogP contribution in [-0.4, -0.2) is 26.6 Å². The van der Waals surface area contributed by atoms with Gasteiger partial charge in [0.2, 0.25) is 0 Å². The Hall–Kier alpha value is -3.73. The summed E-state index contributed by atoms with van der Waals surface area (Å²) in [6.45, 7) is 2.08. The van der Waals surface area contributed by atoms with Crippen molar-refractivity contribution in [1.29, 1.82) is 0 Å². The van der Waals surface area contributed by atoms with Crippen molar-refractivity contribution in [3.8, 4) is 22.8 Å². The maximum Gasteiger partial charge on any atom is 0.199 e. The molecule has 0 spiro atoms. The molecule has 2 heterocycles. The Labute approximate surface area is 162 Å². The van der Waals surface area contributed by atoms with Crippen molar-refractivity contribution in [3.05, 3.63) is 78.4 Å². The van der Waals surface area contributed by atoms with Crippen LogP contribution in [0.1, 0.15) is 5.56 Å². The first-order valence-corrected chi connectivity index (χ1v) is 9.09. The largest absolute Gasteiger partial charge is 0.497 e. The van der Waals surface area contributed by atoms with Crippen molar-refractivity contribution in [2.24, 2.45) is 0 Å². The van der Waals surface area contributed by atoms with Crippen LogP contribution in [0.25, 0.3) is 39.4 Å². The normalized spacial score (nSPS) is 11.2. The van der Waals surface area contributed by atoms with E-state index >= 15 is 0 Å². The molecule has 5 heteroatoms. The van der Waals surface area contributed by atoms with E-state index in [-0.39, 0.29) is 0 Å². The monoisotopic (exact) mass is 366 g/mol. The van der Waals surface area contributed by atoms with Gasteiger partial charge in [0.1, 0.15) is 11.6 Å². The van der Waals surface area contributed by atoms with Gasteiger partial charge in [-0.25, -0.2) is 15.0 Å². The predicted molar refractivity (Wildman–Crippen MR) is 111 cm³/mol. The third-order valence-corrected chi connectivity index (χ3v) is 4.81. The fourth-order valence-electron chi connectivity index (χ4n) is 3.33. The number of nitrogens with zero attached hydrogens (tertiary/aromatic N) is 4. The number of fused-ring (bicyclic) bond motifs is 2. The van der Waals surface area contributed by atoms with Gasteiger partial charge in [-0.1, -0.05) is 42.0 Å². The molecular formula is C23H18N4O. The van der Waals surface area contributed by atoms with E-state index in [0.29, 0.717) is 5.65 Å². The van der Waals surface area contributed by atoms with Gasteiger partial charge >= 0.3 is 0 Å². The van der Waals surface area contributed by atoms with E-state index < -0.39 is 0 Å². The van der Waals surface area contributed by atoms with E-state index in [1.807, 2.05) is 48.5 Å². The first-order chi connectivity index (χ1) is 13.7. The summed E-state index contributed by atoms with van der Waals surface area (Å²) >= 11 is 0. The summed E-state index contributed by atoms with van der Waals surface area (Å²) in [5.74, 6) is 1.62. The first kappa shape index (κ1) is 16.4. The molecule has 3 aromatic carbocycles. The maximum atomic E-state index is 5.31. The molecule has 0 saturated heterocycles. The standard InChI is InChI=1S/C23H18N4O/c1-15-7-9-16(10-8-15)22-26-21-23(25-20-6-4-3-5-19(20)24-21)27(22)17-11-13-18(28-2)14-12-17/h3-14H,1-2H3. The number of aryl methyl sites for hydroxylation is 1. The van der Waals surface area contributed by atoms with E-state index in [9.17, 15) is 0 Å². The lowest BCUT2D eigenvalue weighted by Gasteiger charge is -2.10. The Morgan fingerprint density at radius 3 is 2.11 bits per heavy atom. The molecule has 2 aromatic heterocycles. The quantitative estimate of drug-likeness (QED) is 0.453. The predicted octanol–water partition coefficient (Wildman–Crippen LogP) is 4.95. The highest BCUT2D eigenvalue weighted by Crippen LogP contribution is 2.29. The van der Waals surface area contributed by atoms with Gasteiger partial charge in [-0.15, -0.1) is 0 Å². The molecular weight excluding hydrogens is 348 g/mol. The third-order valence-electron chi connectivity index (χ3n) is 4.81. The molecule has 0 saturated carbocycles. The second kappa shape index (κ2) is 6.46. The van der Waals surface area contributed by atoms with Crippen molar-refractivity contribution >= 4 is 22.3 Å². The summed E-state index contributed by atoms with van der Waals surface area (Å²) in [5.41, 5.74) is 6.24. The number of methoxy groups -OCH3 is 1. The third kappa shape index (κ3) is 2.68. The molecule has 0 aliphatic rings. The summed E-state index contributed by atoms with van der Waals surface area (Å²) in [6, 6.07) is 24.1. The number of hydrogen-bond donors (Lipinski definition) is 0. The van der Waals surface area contributed by atoms with Crippen LogP contribution < -0.4 is 4.74 Å². The second-order valence-electron chi connectivity index (χ2n) is 6.69. The summed E-state index contributed by atoms with van der Waals surface area (Å²) in [5, 5.41) is 0. The number of benzene rings is 3. The lowest BCUT2D eigenvalue weighted by atomic mass is 10.1. The summed E-state index contributed by atoms with van der Waals surface area (Å²) in [4.78, 5) is 14.4. The molecule has 5 rings (SSSR count). The molecule has 0 aliphatic heterocycles. The highest BCUT2D eigenvalue weighted by Gasteiger charge is 2.17. The molecule has 0 bridgehead atoms. The number of aromatic nitrogens is 4. The number of ether oxygens (including phenoxy) is 1. The van der Waals surface area contributed by atoms with Crippen LogP contribution >= 0.6 is 0 Å². The molecule has 0 unspecified atom stereocenters. The van der Waals surface area contributed by atoms with Gasteiger partial charge in [-0.2, -0.15) is 0 Å². The minimum Gasteiger partial charge on any atom is -0.497 e. The molecule has 0 N–H and O–H groups in total. The Morgan fingerprint density at radius 2 is 1.43 bits per heavy atom. The number of para-hydroxylation sites is 2. The lowest BCUT2D eigenvalue weighted by Crippen LogP contribution is -1.99. The average molecular weight is 366 g/mol. The molecule has 0 radical (unpaired) electrons. The van der Waals surface area contributed by atoms with E-state index in [0.717, 1.165) is 39.5 Å². The van der Waals surface area contributed by atoms with Crippen LogP contribution in [0.15, 0.2) is 72.8 Å².